The summed E-state index contributed by atoms with van der Waals surface area (Å²) in [5.74, 6) is 0.253. The normalized spacial score (nSPS) is 26.5. The maximum absolute atomic E-state index is 13.0. The molecule has 2 bridgehead atoms. The van der Waals surface area contributed by atoms with Crippen LogP contribution in [0.1, 0.15) is 25.7 Å². The highest BCUT2D eigenvalue weighted by molar-refractivity contribution is 7.89. The van der Waals surface area contributed by atoms with Crippen molar-refractivity contribution in [2.75, 3.05) is 14.2 Å². The van der Waals surface area contributed by atoms with Crippen molar-refractivity contribution in [1.82, 2.24) is 9.62 Å². The van der Waals surface area contributed by atoms with Crippen LogP contribution in [-0.4, -0.2) is 49.9 Å². The van der Waals surface area contributed by atoms with Gasteiger partial charge in [0.15, 0.2) is 4.90 Å². The molecular formula is C15H21N3O5S. The molecule has 0 aliphatic carbocycles. The van der Waals surface area contributed by atoms with E-state index in [9.17, 15) is 18.5 Å². The van der Waals surface area contributed by atoms with E-state index in [1.165, 1.54) is 30.6 Å². The Hall–Kier alpha value is -1.71. The highest BCUT2D eigenvalue weighted by Gasteiger charge is 2.40. The highest BCUT2D eigenvalue weighted by Crippen LogP contribution is 2.35. The average molecular weight is 355 g/mol. The number of benzene rings is 1. The molecule has 0 radical (unpaired) electrons. The molecule has 132 valence electrons. The third-order valence-corrected chi connectivity index (χ3v) is 6.94. The maximum atomic E-state index is 13.0. The third kappa shape index (κ3) is 2.99. The van der Waals surface area contributed by atoms with Crippen LogP contribution >= 0.6 is 0 Å². The van der Waals surface area contributed by atoms with Gasteiger partial charge >= 0.3 is 0 Å². The molecule has 0 saturated carbocycles. The standard InChI is InChI=1S/C15H21N3O5S/c1-17(12-7-10-3-4-11(8-12)16-10)24(21,22)15-6-5-13(23-2)9-14(15)18(19)20/h5-6,9-12,16H,3-4,7-8H2,1-2H3. The lowest BCUT2D eigenvalue weighted by atomic mass is 10.0. The summed E-state index contributed by atoms with van der Waals surface area (Å²) < 4.78 is 32.2. The van der Waals surface area contributed by atoms with Gasteiger partial charge in [-0.2, -0.15) is 4.31 Å². The molecule has 2 fully saturated rings. The number of nitrogens with zero attached hydrogens (tertiary/aromatic N) is 2. The average Bonchev–Trinajstić information content (AvgIpc) is 2.91. The van der Waals surface area contributed by atoms with Gasteiger partial charge in [0, 0.05) is 25.2 Å². The number of rotatable bonds is 5. The topological polar surface area (TPSA) is 102 Å². The number of sulfonamides is 1. The minimum Gasteiger partial charge on any atom is -0.497 e. The molecule has 2 unspecified atom stereocenters. The molecule has 8 nitrogen and oxygen atoms in total. The number of ether oxygens (including phenoxy) is 1. The summed E-state index contributed by atoms with van der Waals surface area (Å²) >= 11 is 0. The Kier molecular flexibility index (Phi) is 4.50. The second-order valence-electron chi connectivity index (χ2n) is 6.38. The van der Waals surface area contributed by atoms with E-state index in [4.69, 9.17) is 4.74 Å². The summed E-state index contributed by atoms with van der Waals surface area (Å²) in [5.41, 5.74) is -0.460. The van der Waals surface area contributed by atoms with Crippen molar-refractivity contribution >= 4 is 15.7 Å². The van der Waals surface area contributed by atoms with Crippen LogP contribution in [0.5, 0.6) is 5.75 Å². The smallest absolute Gasteiger partial charge is 0.293 e. The summed E-state index contributed by atoms with van der Waals surface area (Å²) in [6.07, 6.45) is 3.57. The summed E-state index contributed by atoms with van der Waals surface area (Å²) in [7, 11) is -1.06. The molecule has 1 aromatic carbocycles. The molecule has 24 heavy (non-hydrogen) atoms. The van der Waals surface area contributed by atoms with Gasteiger partial charge in [-0.05, 0) is 37.8 Å². The van der Waals surface area contributed by atoms with E-state index in [1.54, 1.807) is 0 Å². The number of hydrogen-bond acceptors (Lipinski definition) is 6. The number of piperidine rings is 1. The van der Waals surface area contributed by atoms with Crippen molar-refractivity contribution in [3.63, 3.8) is 0 Å². The van der Waals surface area contributed by atoms with Crippen molar-refractivity contribution in [1.29, 1.82) is 0 Å². The van der Waals surface area contributed by atoms with Crippen molar-refractivity contribution in [3.05, 3.63) is 28.3 Å². The number of nitro benzene ring substituents is 1. The van der Waals surface area contributed by atoms with Gasteiger partial charge in [-0.3, -0.25) is 10.1 Å². The monoisotopic (exact) mass is 355 g/mol. The van der Waals surface area contributed by atoms with Gasteiger partial charge in [-0.25, -0.2) is 8.42 Å². The molecule has 0 aromatic heterocycles. The third-order valence-electron chi connectivity index (χ3n) is 4.98. The van der Waals surface area contributed by atoms with Crippen molar-refractivity contribution in [2.24, 2.45) is 0 Å². The quantitative estimate of drug-likeness (QED) is 0.634. The predicted molar refractivity (Wildman–Crippen MR) is 87.6 cm³/mol. The zero-order valence-electron chi connectivity index (χ0n) is 13.6. The number of fused-ring (bicyclic) bond motifs is 2. The molecule has 2 heterocycles. The van der Waals surface area contributed by atoms with E-state index in [2.05, 4.69) is 5.32 Å². The minimum absolute atomic E-state index is 0.143. The van der Waals surface area contributed by atoms with Crippen molar-refractivity contribution < 1.29 is 18.1 Å². The van der Waals surface area contributed by atoms with Crippen LogP contribution in [0.15, 0.2) is 23.1 Å². The van der Waals surface area contributed by atoms with Crippen LogP contribution in [0.4, 0.5) is 5.69 Å². The molecule has 2 atom stereocenters. The Labute approximate surface area is 141 Å². The van der Waals surface area contributed by atoms with Crippen LogP contribution in [0.2, 0.25) is 0 Å². The largest absolute Gasteiger partial charge is 0.497 e. The molecule has 0 spiro atoms. The van der Waals surface area contributed by atoms with Crippen molar-refractivity contribution in [2.45, 2.75) is 48.7 Å². The van der Waals surface area contributed by atoms with Gasteiger partial charge in [0.25, 0.3) is 5.69 Å². The van der Waals surface area contributed by atoms with Gasteiger partial charge in [-0.15, -0.1) is 0 Å². The van der Waals surface area contributed by atoms with Gasteiger partial charge in [0.1, 0.15) is 5.75 Å². The SMILES string of the molecule is COc1ccc(S(=O)(=O)N(C)C2CC3CCC(C2)N3)c([N+](=O)[O-])c1. The lowest BCUT2D eigenvalue weighted by Crippen LogP contribution is -2.48. The maximum Gasteiger partial charge on any atom is 0.293 e. The lowest BCUT2D eigenvalue weighted by Gasteiger charge is -2.34. The summed E-state index contributed by atoms with van der Waals surface area (Å²) in [6, 6.07) is 4.34. The van der Waals surface area contributed by atoms with Gasteiger partial charge in [0.05, 0.1) is 18.1 Å². The first-order valence-electron chi connectivity index (χ1n) is 7.89. The molecule has 0 amide bonds. The highest BCUT2D eigenvalue weighted by atomic mass is 32.2. The molecule has 3 rings (SSSR count). The number of methoxy groups -OCH3 is 1. The number of nitro groups is 1. The van der Waals surface area contributed by atoms with E-state index in [-0.39, 0.29) is 16.7 Å². The first kappa shape index (κ1) is 17.1. The Morgan fingerprint density at radius 3 is 2.46 bits per heavy atom. The van der Waals surface area contributed by atoms with Crippen LogP contribution in [0.3, 0.4) is 0 Å². The zero-order chi connectivity index (χ0) is 17.5. The van der Waals surface area contributed by atoms with E-state index >= 15 is 0 Å². The zero-order valence-corrected chi connectivity index (χ0v) is 14.5. The Morgan fingerprint density at radius 2 is 1.92 bits per heavy atom. The van der Waals surface area contributed by atoms with Crippen molar-refractivity contribution in [3.8, 4) is 5.75 Å². The lowest BCUT2D eigenvalue weighted by molar-refractivity contribution is -0.387. The molecule has 2 saturated heterocycles. The second kappa shape index (κ2) is 6.30. The first-order valence-corrected chi connectivity index (χ1v) is 9.33. The first-order chi connectivity index (χ1) is 11.3. The van der Waals surface area contributed by atoms with E-state index < -0.39 is 20.6 Å². The van der Waals surface area contributed by atoms with E-state index in [0.29, 0.717) is 12.1 Å². The fourth-order valence-electron chi connectivity index (χ4n) is 3.66. The van der Waals surface area contributed by atoms with Crippen LogP contribution < -0.4 is 10.1 Å². The molecule has 1 N–H and O–H groups in total. The Morgan fingerprint density at radius 1 is 1.29 bits per heavy atom. The summed E-state index contributed by atoms with van der Waals surface area (Å²) in [6.45, 7) is 0. The van der Waals surface area contributed by atoms with Crippen LogP contribution in [-0.2, 0) is 10.0 Å². The Balaban J connectivity index is 1.94. The molecule has 2 aliphatic heterocycles. The minimum atomic E-state index is -3.95. The predicted octanol–water partition coefficient (Wildman–Crippen LogP) is 1.51. The molecule has 2 aliphatic rings. The second-order valence-corrected chi connectivity index (χ2v) is 8.34. The molecule has 9 heteroatoms. The van der Waals surface area contributed by atoms with E-state index in [0.717, 1.165) is 31.7 Å². The number of nitrogens with one attached hydrogen (secondary N) is 1. The Bertz CT molecular complexity index is 739. The molecular weight excluding hydrogens is 334 g/mol. The molecule has 1 aromatic rings. The van der Waals surface area contributed by atoms with Crippen LogP contribution in [0, 0.1) is 10.1 Å². The fourth-order valence-corrected chi connectivity index (χ4v) is 5.17. The summed E-state index contributed by atoms with van der Waals surface area (Å²) in [4.78, 5) is 10.3. The fraction of sp³-hybridized carbons (Fsp3) is 0.600. The summed E-state index contributed by atoms with van der Waals surface area (Å²) in [5, 5.41) is 14.8. The van der Waals surface area contributed by atoms with Gasteiger partial charge < -0.3 is 10.1 Å². The van der Waals surface area contributed by atoms with Gasteiger partial charge in [0.2, 0.25) is 10.0 Å². The van der Waals surface area contributed by atoms with Crippen LogP contribution in [0.25, 0.3) is 0 Å². The number of hydrogen-bond donors (Lipinski definition) is 1. The van der Waals surface area contributed by atoms with E-state index in [1.807, 2.05) is 0 Å². The van der Waals surface area contributed by atoms with Gasteiger partial charge in [-0.1, -0.05) is 0 Å².